The third kappa shape index (κ3) is 5.15. The molecule has 0 radical (unpaired) electrons. The van der Waals surface area contributed by atoms with Gasteiger partial charge in [-0.05, 0) is 41.0 Å². The number of fused-ring (bicyclic) bond motifs is 1. The molecule has 1 heterocycles. The minimum Gasteiger partial charge on any atom is -0.480 e. The van der Waals surface area contributed by atoms with Crippen molar-refractivity contribution in [1.82, 2.24) is 15.0 Å². The number of nitrogens with two attached hydrogens (primary N) is 2. The summed E-state index contributed by atoms with van der Waals surface area (Å²) in [4.78, 5) is 23.9. The van der Waals surface area contributed by atoms with Gasteiger partial charge in [-0.2, -0.15) is 9.97 Å². The first-order valence-electron chi connectivity index (χ1n) is 10.7. The summed E-state index contributed by atoms with van der Waals surface area (Å²) >= 11 is 0. The van der Waals surface area contributed by atoms with Crippen molar-refractivity contribution in [3.8, 4) is 11.4 Å². The van der Waals surface area contributed by atoms with Gasteiger partial charge in [0.2, 0.25) is 5.95 Å². The van der Waals surface area contributed by atoms with Crippen LogP contribution in [0, 0.1) is 11.6 Å². The maximum absolute atomic E-state index is 14.2. The highest BCUT2D eigenvalue weighted by atomic mass is 19.1. The fourth-order valence-corrected chi connectivity index (χ4v) is 3.78. The van der Waals surface area contributed by atoms with Gasteiger partial charge in [0.05, 0.1) is 0 Å². The van der Waals surface area contributed by atoms with E-state index in [9.17, 15) is 13.6 Å². The predicted molar refractivity (Wildman–Crippen MR) is 125 cm³/mol. The van der Waals surface area contributed by atoms with Crippen LogP contribution < -0.4 is 11.5 Å². The van der Waals surface area contributed by atoms with Gasteiger partial charge in [-0.1, -0.05) is 43.3 Å². The lowest BCUT2D eigenvalue weighted by Crippen LogP contribution is -2.32. The van der Waals surface area contributed by atoms with Crippen molar-refractivity contribution in [3.05, 3.63) is 83.2 Å². The molecule has 1 unspecified atom stereocenters. The van der Waals surface area contributed by atoms with Gasteiger partial charge in [-0.3, -0.25) is 4.79 Å². The summed E-state index contributed by atoms with van der Waals surface area (Å²) in [6.07, 6.45) is 0.635. The van der Waals surface area contributed by atoms with Crippen molar-refractivity contribution in [2.24, 2.45) is 5.73 Å². The van der Waals surface area contributed by atoms with E-state index in [1.807, 2.05) is 13.0 Å². The lowest BCUT2D eigenvalue weighted by atomic mass is 9.94. The number of carbonyl (C=O) groups is 1. The van der Waals surface area contributed by atoms with Crippen LogP contribution in [-0.4, -0.2) is 32.1 Å². The molecule has 4 rings (SSSR count). The summed E-state index contributed by atoms with van der Waals surface area (Å²) in [5, 5.41) is 9.81. The Morgan fingerprint density at radius 1 is 1.00 bits per heavy atom. The Labute approximate surface area is 194 Å². The quantitative estimate of drug-likeness (QED) is 0.380. The zero-order valence-corrected chi connectivity index (χ0v) is 18.4. The largest absolute Gasteiger partial charge is 0.480 e. The number of benzene rings is 3. The molecule has 0 bridgehead atoms. The van der Waals surface area contributed by atoms with Gasteiger partial charge < -0.3 is 16.6 Å². The van der Waals surface area contributed by atoms with Gasteiger partial charge in [0.1, 0.15) is 23.5 Å². The second-order valence-electron chi connectivity index (χ2n) is 8.25. The van der Waals surface area contributed by atoms with E-state index in [0.29, 0.717) is 34.4 Å². The van der Waals surface area contributed by atoms with Crippen LogP contribution in [0.4, 0.5) is 14.7 Å². The fourth-order valence-electron chi connectivity index (χ4n) is 3.78. The Hall–Kier alpha value is -3.98. The lowest BCUT2D eigenvalue weighted by molar-refractivity contribution is -0.138. The third-order valence-electron chi connectivity index (χ3n) is 5.63. The molecule has 0 aliphatic rings. The first-order chi connectivity index (χ1) is 16.2. The van der Waals surface area contributed by atoms with E-state index in [1.165, 1.54) is 6.07 Å². The standard InChI is InChI=1S/C25H23F2N5O2/c1-13(16-6-7-17-10-18(26)12-20(27)19(17)11-16)8-22-30-23(32-25(29)31-22)15-4-2-14(3-5-15)9-21(28)24(33)34/h2-7,10-13,21H,8-9,28H2,1H3,(H,33,34)(H2,29,30,31,32)/t13?,21-/m0/s1. The minimum atomic E-state index is -1.06. The number of carboxylic acid groups (broad SMARTS) is 1. The zero-order valence-electron chi connectivity index (χ0n) is 18.4. The van der Waals surface area contributed by atoms with Crippen LogP contribution in [0.15, 0.2) is 54.6 Å². The molecule has 9 heteroatoms. The molecule has 3 aromatic carbocycles. The van der Waals surface area contributed by atoms with E-state index in [0.717, 1.165) is 17.2 Å². The highest BCUT2D eigenvalue weighted by molar-refractivity contribution is 5.84. The highest BCUT2D eigenvalue weighted by Gasteiger charge is 2.15. The van der Waals surface area contributed by atoms with Gasteiger partial charge in [-0.25, -0.2) is 13.8 Å². The SMILES string of the molecule is CC(Cc1nc(N)nc(-c2ccc(C[C@H](N)C(=O)O)cc2)n1)c1ccc2cc(F)cc(F)c2c1. The summed E-state index contributed by atoms with van der Waals surface area (Å²) < 4.78 is 27.7. The number of nitrogens with zero attached hydrogens (tertiary/aromatic N) is 3. The summed E-state index contributed by atoms with van der Waals surface area (Å²) in [6, 6.07) is 13.5. The van der Waals surface area contributed by atoms with Crippen LogP contribution in [0.3, 0.4) is 0 Å². The normalized spacial score (nSPS) is 13.1. The maximum atomic E-state index is 14.2. The Bertz CT molecular complexity index is 1360. The smallest absolute Gasteiger partial charge is 0.320 e. The summed E-state index contributed by atoms with van der Waals surface area (Å²) in [5.74, 6) is -1.40. The second-order valence-corrected chi connectivity index (χ2v) is 8.25. The second kappa shape index (κ2) is 9.48. The highest BCUT2D eigenvalue weighted by Crippen LogP contribution is 2.27. The molecule has 2 atom stereocenters. The van der Waals surface area contributed by atoms with E-state index < -0.39 is 23.6 Å². The van der Waals surface area contributed by atoms with Crippen molar-refractivity contribution in [2.45, 2.75) is 31.7 Å². The maximum Gasteiger partial charge on any atom is 0.320 e. The number of carboxylic acids is 1. The molecule has 0 fully saturated rings. The van der Waals surface area contributed by atoms with Crippen LogP contribution in [0.2, 0.25) is 0 Å². The number of nitrogen functional groups attached to an aromatic ring is 1. The number of aromatic nitrogens is 3. The van der Waals surface area contributed by atoms with E-state index in [4.69, 9.17) is 16.6 Å². The monoisotopic (exact) mass is 463 g/mol. The topological polar surface area (TPSA) is 128 Å². The van der Waals surface area contributed by atoms with Gasteiger partial charge in [0.25, 0.3) is 0 Å². The van der Waals surface area contributed by atoms with Crippen LogP contribution >= 0.6 is 0 Å². The van der Waals surface area contributed by atoms with Crippen molar-refractivity contribution in [1.29, 1.82) is 0 Å². The van der Waals surface area contributed by atoms with E-state index in [1.54, 1.807) is 36.4 Å². The fraction of sp³-hybridized carbons (Fsp3) is 0.200. The molecule has 5 N–H and O–H groups in total. The van der Waals surface area contributed by atoms with E-state index in [-0.39, 0.29) is 18.3 Å². The molecule has 0 spiro atoms. The van der Waals surface area contributed by atoms with Crippen LogP contribution in [0.1, 0.15) is 29.8 Å². The number of rotatable bonds is 7. The predicted octanol–water partition coefficient (Wildman–Crippen LogP) is 3.85. The summed E-state index contributed by atoms with van der Waals surface area (Å²) in [7, 11) is 0. The molecule has 0 aliphatic heterocycles. The third-order valence-corrected chi connectivity index (χ3v) is 5.63. The zero-order chi connectivity index (χ0) is 24.4. The Morgan fingerprint density at radius 2 is 1.74 bits per heavy atom. The first-order valence-corrected chi connectivity index (χ1v) is 10.7. The lowest BCUT2D eigenvalue weighted by Gasteiger charge is -2.13. The van der Waals surface area contributed by atoms with Gasteiger partial charge in [-0.15, -0.1) is 0 Å². The van der Waals surface area contributed by atoms with Crippen LogP contribution in [-0.2, 0) is 17.6 Å². The molecule has 0 saturated carbocycles. The molecular formula is C25H23F2N5O2. The van der Waals surface area contributed by atoms with Gasteiger partial charge >= 0.3 is 5.97 Å². The first kappa shape index (κ1) is 23.2. The average Bonchev–Trinajstić information content (AvgIpc) is 2.78. The van der Waals surface area contributed by atoms with Crippen molar-refractivity contribution in [2.75, 3.05) is 5.73 Å². The molecule has 0 aliphatic carbocycles. The average molecular weight is 463 g/mol. The number of hydrogen-bond acceptors (Lipinski definition) is 6. The van der Waals surface area contributed by atoms with Crippen molar-refractivity contribution >= 4 is 22.7 Å². The molecular weight excluding hydrogens is 440 g/mol. The Morgan fingerprint density at radius 3 is 2.44 bits per heavy atom. The summed E-state index contributed by atoms with van der Waals surface area (Å²) in [5.41, 5.74) is 13.8. The van der Waals surface area contributed by atoms with Gasteiger partial charge in [0.15, 0.2) is 5.82 Å². The molecule has 7 nitrogen and oxygen atoms in total. The van der Waals surface area contributed by atoms with Crippen LogP contribution in [0.25, 0.3) is 22.2 Å². The van der Waals surface area contributed by atoms with E-state index in [2.05, 4.69) is 15.0 Å². The summed E-state index contributed by atoms with van der Waals surface area (Å²) in [6.45, 7) is 1.96. The molecule has 0 saturated heterocycles. The van der Waals surface area contributed by atoms with Crippen molar-refractivity contribution < 1.29 is 18.7 Å². The number of hydrogen-bond donors (Lipinski definition) is 3. The molecule has 34 heavy (non-hydrogen) atoms. The van der Waals surface area contributed by atoms with Gasteiger partial charge in [0, 0.05) is 23.4 Å². The number of anilines is 1. The molecule has 174 valence electrons. The Kier molecular flexibility index (Phi) is 6.47. The minimum absolute atomic E-state index is 0.0663. The number of halogens is 2. The van der Waals surface area contributed by atoms with E-state index >= 15 is 0 Å². The molecule has 0 amide bonds. The Balaban J connectivity index is 1.55. The molecule has 1 aromatic heterocycles. The molecule has 4 aromatic rings. The van der Waals surface area contributed by atoms with Crippen molar-refractivity contribution in [3.63, 3.8) is 0 Å². The number of aliphatic carboxylic acids is 1. The van der Waals surface area contributed by atoms with Crippen LogP contribution in [0.5, 0.6) is 0 Å².